The van der Waals surface area contributed by atoms with Crippen LogP contribution in [-0.2, 0) is 6.54 Å². The molecular weight excluding hydrogens is 284 g/mol. The molecule has 0 aliphatic heterocycles. The van der Waals surface area contributed by atoms with E-state index < -0.39 is 0 Å². The predicted molar refractivity (Wildman–Crippen MR) is 65.0 cm³/mol. The summed E-state index contributed by atoms with van der Waals surface area (Å²) >= 11 is 3.38. The van der Waals surface area contributed by atoms with Crippen molar-refractivity contribution in [2.45, 2.75) is 6.54 Å². The highest BCUT2D eigenvalue weighted by Crippen LogP contribution is 2.24. The molecule has 2 rings (SSSR count). The van der Waals surface area contributed by atoms with Crippen molar-refractivity contribution in [3.8, 4) is 17.3 Å². The van der Waals surface area contributed by atoms with Crippen LogP contribution in [0.5, 0.6) is 0 Å². The normalized spacial score (nSPS) is 10.2. The van der Waals surface area contributed by atoms with Gasteiger partial charge >= 0.3 is 0 Å². The number of nitriles is 1. The summed E-state index contributed by atoms with van der Waals surface area (Å²) in [6.07, 6.45) is 0. The SMILES string of the molecule is N#Cc1nnn(CCO)c1-c1cccc(Br)c1. The molecule has 1 aromatic carbocycles. The molecule has 86 valence electrons. The molecule has 1 aromatic heterocycles. The number of nitrogens with zero attached hydrogens (tertiary/aromatic N) is 4. The number of rotatable bonds is 3. The highest BCUT2D eigenvalue weighted by Gasteiger charge is 2.14. The lowest BCUT2D eigenvalue weighted by Crippen LogP contribution is -2.06. The Hall–Kier alpha value is -1.71. The van der Waals surface area contributed by atoms with Gasteiger partial charge in [0.1, 0.15) is 11.8 Å². The van der Waals surface area contributed by atoms with Gasteiger partial charge in [0.15, 0.2) is 5.69 Å². The fourth-order valence-electron chi connectivity index (χ4n) is 1.56. The van der Waals surface area contributed by atoms with Crippen molar-refractivity contribution in [1.82, 2.24) is 15.0 Å². The zero-order valence-corrected chi connectivity index (χ0v) is 10.4. The highest BCUT2D eigenvalue weighted by atomic mass is 79.9. The number of halogens is 1. The topological polar surface area (TPSA) is 74.7 Å². The number of aromatic nitrogens is 3. The molecule has 1 N–H and O–H groups in total. The second-order valence-corrected chi connectivity index (χ2v) is 4.27. The van der Waals surface area contributed by atoms with Crippen LogP contribution >= 0.6 is 15.9 Å². The molecule has 0 spiro atoms. The van der Waals surface area contributed by atoms with E-state index in [1.165, 1.54) is 4.68 Å². The van der Waals surface area contributed by atoms with Crippen LogP contribution in [0.2, 0.25) is 0 Å². The van der Waals surface area contributed by atoms with E-state index in [9.17, 15) is 0 Å². The van der Waals surface area contributed by atoms with Gasteiger partial charge in [-0.1, -0.05) is 33.3 Å². The molecule has 6 heteroatoms. The van der Waals surface area contributed by atoms with E-state index in [0.717, 1.165) is 10.0 Å². The minimum Gasteiger partial charge on any atom is -0.394 e. The van der Waals surface area contributed by atoms with Crippen LogP contribution in [0.25, 0.3) is 11.3 Å². The van der Waals surface area contributed by atoms with Gasteiger partial charge in [-0.05, 0) is 12.1 Å². The van der Waals surface area contributed by atoms with Crippen LogP contribution in [0.3, 0.4) is 0 Å². The summed E-state index contributed by atoms with van der Waals surface area (Å²) in [6.45, 7) is 0.270. The van der Waals surface area contributed by atoms with E-state index in [0.29, 0.717) is 12.2 Å². The van der Waals surface area contributed by atoms with E-state index in [1.807, 2.05) is 30.3 Å². The Bertz CT molecular complexity index is 573. The van der Waals surface area contributed by atoms with Crippen LogP contribution in [-0.4, -0.2) is 26.7 Å². The highest BCUT2D eigenvalue weighted by molar-refractivity contribution is 9.10. The van der Waals surface area contributed by atoms with Gasteiger partial charge in [0.2, 0.25) is 0 Å². The maximum absolute atomic E-state index is 8.99. The summed E-state index contributed by atoms with van der Waals surface area (Å²) in [5, 5.41) is 25.6. The first-order valence-electron chi connectivity index (χ1n) is 4.96. The molecule has 2 aromatic rings. The van der Waals surface area contributed by atoms with Crippen LogP contribution in [0.1, 0.15) is 5.69 Å². The molecule has 0 aliphatic carbocycles. The molecule has 0 saturated carbocycles. The Morgan fingerprint density at radius 3 is 2.94 bits per heavy atom. The summed E-state index contributed by atoms with van der Waals surface area (Å²) in [5.74, 6) is 0. The number of benzene rings is 1. The molecule has 0 amide bonds. The molecule has 5 nitrogen and oxygen atoms in total. The monoisotopic (exact) mass is 292 g/mol. The summed E-state index contributed by atoms with van der Waals surface area (Å²) in [5.41, 5.74) is 1.73. The predicted octanol–water partition coefficient (Wildman–Crippen LogP) is 1.57. The number of hydrogen-bond donors (Lipinski definition) is 1. The summed E-state index contributed by atoms with van der Waals surface area (Å²) in [7, 11) is 0. The van der Waals surface area contributed by atoms with Gasteiger partial charge < -0.3 is 5.11 Å². The minimum absolute atomic E-state index is 0.0464. The van der Waals surface area contributed by atoms with Gasteiger partial charge in [0.25, 0.3) is 0 Å². The average Bonchev–Trinajstić information content (AvgIpc) is 2.72. The van der Waals surface area contributed by atoms with E-state index in [1.54, 1.807) is 0 Å². The molecule has 0 saturated heterocycles. The second-order valence-electron chi connectivity index (χ2n) is 3.36. The zero-order chi connectivity index (χ0) is 12.3. The Morgan fingerprint density at radius 1 is 1.47 bits per heavy atom. The van der Waals surface area contributed by atoms with Crippen molar-refractivity contribution >= 4 is 15.9 Å². The Labute approximate surface area is 106 Å². The van der Waals surface area contributed by atoms with Gasteiger partial charge in [-0.15, -0.1) is 5.10 Å². The van der Waals surface area contributed by atoms with Crippen molar-refractivity contribution in [3.63, 3.8) is 0 Å². The third-order valence-corrected chi connectivity index (χ3v) is 2.74. The molecule has 0 unspecified atom stereocenters. The molecule has 0 radical (unpaired) electrons. The third kappa shape index (κ3) is 2.35. The van der Waals surface area contributed by atoms with Gasteiger partial charge in [-0.25, -0.2) is 4.68 Å². The lowest BCUT2D eigenvalue weighted by molar-refractivity contribution is 0.269. The quantitative estimate of drug-likeness (QED) is 0.932. The van der Waals surface area contributed by atoms with Crippen LogP contribution < -0.4 is 0 Å². The number of aliphatic hydroxyl groups is 1. The minimum atomic E-state index is -0.0464. The molecule has 0 bridgehead atoms. The Morgan fingerprint density at radius 2 is 2.29 bits per heavy atom. The van der Waals surface area contributed by atoms with E-state index in [4.69, 9.17) is 10.4 Å². The van der Waals surface area contributed by atoms with Gasteiger partial charge in [-0.3, -0.25) is 0 Å². The molecule has 0 atom stereocenters. The van der Waals surface area contributed by atoms with Crippen molar-refractivity contribution < 1.29 is 5.11 Å². The van der Waals surface area contributed by atoms with E-state index >= 15 is 0 Å². The second kappa shape index (κ2) is 5.08. The van der Waals surface area contributed by atoms with Gasteiger partial charge in [0, 0.05) is 10.0 Å². The van der Waals surface area contributed by atoms with Crippen molar-refractivity contribution in [2.24, 2.45) is 0 Å². The van der Waals surface area contributed by atoms with Crippen molar-refractivity contribution in [3.05, 3.63) is 34.4 Å². The molecule has 0 fully saturated rings. The van der Waals surface area contributed by atoms with Crippen LogP contribution in [0.4, 0.5) is 0 Å². The number of aliphatic hydroxyl groups excluding tert-OH is 1. The Kier molecular flexibility index (Phi) is 3.52. The first-order chi connectivity index (χ1) is 8.26. The van der Waals surface area contributed by atoms with Gasteiger partial charge in [-0.2, -0.15) is 5.26 Å². The average molecular weight is 293 g/mol. The standard InChI is InChI=1S/C11H9BrN4O/c12-9-3-1-2-8(6-9)11-10(7-13)14-15-16(11)4-5-17/h1-3,6,17H,4-5H2. The van der Waals surface area contributed by atoms with Gasteiger partial charge in [0.05, 0.1) is 13.2 Å². The van der Waals surface area contributed by atoms with E-state index in [2.05, 4.69) is 26.2 Å². The summed E-state index contributed by atoms with van der Waals surface area (Å²) in [4.78, 5) is 0. The first-order valence-corrected chi connectivity index (χ1v) is 5.76. The Balaban J connectivity index is 2.56. The molecular formula is C11H9BrN4O. The molecule has 17 heavy (non-hydrogen) atoms. The van der Waals surface area contributed by atoms with Crippen LogP contribution in [0, 0.1) is 11.3 Å². The molecule has 0 aliphatic rings. The maximum Gasteiger partial charge on any atom is 0.190 e. The van der Waals surface area contributed by atoms with Crippen LogP contribution in [0.15, 0.2) is 28.7 Å². The first kappa shape index (κ1) is 11.8. The number of hydrogen-bond acceptors (Lipinski definition) is 4. The summed E-state index contributed by atoms with van der Waals surface area (Å²) in [6, 6.07) is 9.53. The largest absolute Gasteiger partial charge is 0.394 e. The zero-order valence-electron chi connectivity index (χ0n) is 8.84. The lowest BCUT2D eigenvalue weighted by atomic mass is 10.1. The fraction of sp³-hybridized carbons (Fsp3) is 0.182. The van der Waals surface area contributed by atoms with Crippen molar-refractivity contribution in [2.75, 3.05) is 6.61 Å². The fourth-order valence-corrected chi connectivity index (χ4v) is 1.96. The lowest BCUT2D eigenvalue weighted by Gasteiger charge is -2.05. The molecule has 1 heterocycles. The maximum atomic E-state index is 8.99. The summed E-state index contributed by atoms with van der Waals surface area (Å²) < 4.78 is 2.44. The third-order valence-electron chi connectivity index (χ3n) is 2.25. The van der Waals surface area contributed by atoms with E-state index in [-0.39, 0.29) is 12.3 Å². The smallest absolute Gasteiger partial charge is 0.190 e. The van der Waals surface area contributed by atoms with Crippen molar-refractivity contribution in [1.29, 1.82) is 5.26 Å².